The quantitative estimate of drug-likeness (QED) is 0.643. The minimum absolute atomic E-state index is 0.0728. The fourth-order valence-electron chi connectivity index (χ4n) is 3.21. The predicted molar refractivity (Wildman–Crippen MR) is 107 cm³/mol. The lowest BCUT2D eigenvalue weighted by molar-refractivity contribution is -0.384. The molecule has 2 aromatic rings. The largest absolute Gasteiger partial charge is 0.319 e. The topological polar surface area (TPSA) is 75.5 Å². The molecule has 1 aliphatic heterocycles. The molecule has 6 nitrogen and oxygen atoms in total. The molecule has 0 saturated carbocycles. The van der Waals surface area contributed by atoms with E-state index in [1.807, 2.05) is 36.9 Å². The van der Waals surface area contributed by atoms with Crippen molar-refractivity contribution in [2.45, 2.75) is 20.3 Å². The van der Waals surface area contributed by atoms with Crippen LogP contribution in [0, 0.1) is 24.0 Å². The van der Waals surface area contributed by atoms with Gasteiger partial charge >= 0.3 is 0 Å². The molecule has 0 atom stereocenters. The fourth-order valence-corrected chi connectivity index (χ4v) is 3.21. The van der Waals surface area contributed by atoms with Gasteiger partial charge < -0.3 is 5.32 Å². The average Bonchev–Trinajstić information content (AvgIpc) is 2.65. The van der Waals surface area contributed by atoms with Crippen LogP contribution in [0.4, 0.5) is 11.4 Å². The Kier molecular flexibility index (Phi) is 5.66. The number of amides is 1. The number of carbonyl (C=O) groups is 1. The third kappa shape index (κ3) is 4.60. The Bertz CT molecular complexity index is 891. The minimum atomic E-state index is -0.460. The number of hydrogen-bond donors (Lipinski definition) is 1. The Balaban J connectivity index is 1.63. The van der Waals surface area contributed by atoms with Gasteiger partial charge in [0.1, 0.15) is 5.69 Å². The van der Waals surface area contributed by atoms with Gasteiger partial charge in [-0.2, -0.15) is 0 Å². The Morgan fingerprint density at radius 1 is 1.19 bits per heavy atom. The van der Waals surface area contributed by atoms with E-state index in [2.05, 4.69) is 23.5 Å². The van der Waals surface area contributed by atoms with Crippen molar-refractivity contribution in [1.29, 1.82) is 0 Å². The number of aryl methyl sites for hydroxylation is 2. The van der Waals surface area contributed by atoms with E-state index < -0.39 is 4.92 Å². The van der Waals surface area contributed by atoms with E-state index >= 15 is 0 Å². The van der Waals surface area contributed by atoms with Crippen LogP contribution in [-0.4, -0.2) is 35.4 Å². The van der Waals surface area contributed by atoms with Crippen LogP contribution in [0.1, 0.15) is 23.1 Å². The molecule has 0 bridgehead atoms. The van der Waals surface area contributed by atoms with Crippen LogP contribution in [0.2, 0.25) is 0 Å². The molecule has 140 valence electrons. The Labute approximate surface area is 158 Å². The molecule has 2 aromatic carbocycles. The molecule has 1 heterocycles. The summed E-state index contributed by atoms with van der Waals surface area (Å²) in [6.45, 7) is 5.37. The number of anilines is 1. The van der Waals surface area contributed by atoms with Gasteiger partial charge in [-0.25, -0.2) is 0 Å². The molecule has 0 fully saturated rings. The molecule has 0 radical (unpaired) electrons. The standard InChI is InChI=1S/C21H23N3O3/c1-15-12-19(20(24(26)27)13-16(15)2)22-21(25)14-23-10-8-18(9-11-23)17-6-4-3-5-7-17/h3-8,12-13H,9-11,14H2,1-2H3,(H,22,25). The van der Waals surface area contributed by atoms with Gasteiger partial charge in [-0.1, -0.05) is 36.4 Å². The van der Waals surface area contributed by atoms with Crippen molar-refractivity contribution in [3.63, 3.8) is 0 Å². The highest BCUT2D eigenvalue weighted by molar-refractivity contribution is 5.94. The summed E-state index contributed by atoms with van der Waals surface area (Å²) in [7, 11) is 0. The molecular weight excluding hydrogens is 342 g/mol. The second-order valence-electron chi connectivity index (χ2n) is 6.84. The molecule has 1 aliphatic rings. The second-order valence-corrected chi connectivity index (χ2v) is 6.84. The van der Waals surface area contributed by atoms with Crippen LogP contribution in [0.3, 0.4) is 0 Å². The minimum Gasteiger partial charge on any atom is -0.319 e. The highest BCUT2D eigenvalue weighted by Crippen LogP contribution is 2.28. The second kappa shape index (κ2) is 8.14. The van der Waals surface area contributed by atoms with Crippen molar-refractivity contribution in [3.05, 3.63) is 75.3 Å². The highest BCUT2D eigenvalue weighted by atomic mass is 16.6. The van der Waals surface area contributed by atoms with Gasteiger partial charge in [0.15, 0.2) is 0 Å². The summed E-state index contributed by atoms with van der Waals surface area (Å²) >= 11 is 0. The summed E-state index contributed by atoms with van der Waals surface area (Å²) in [6, 6.07) is 13.4. The first-order valence-corrected chi connectivity index (χ1v) is 8.96. The van der Waals surface area contributed by atoms with Gasteiger partial charge in [-0.15, -0.1) is 0 Å². The molecule has 0 aromatic heterocycles. The molecule has 27 heavy (non-hydrogen) atoms. The van der Waals surface area contributed by atoms with Crippen molar-refractivity contribution in [3.8, 4) is 0 Å². The molecule has 1 N–H and O–H groups in total. The third-order valence-corrected chi connectivity index (χ3v) is 4.89. The molecule has 0 aliphatic carbocycles. The first-order chi connectivity index (χ1) is 12.9. The van der Waals surface area contributed by atoms with Crippen LogP contribution < -0.4 is 5.32 Å². The summed E-state index contributed by atoms with van der Waals surface area (Å²) in [5.74, 6) is -0.238. The molecule has 1 amide bonds. The maximum Gasteiger partial charge on any atom is 0.293 e. The maximum absolute atomic E-state index is 12.4. The van der Waals surface area contributed by atoms with Gasteiger partial charge in [0.25, 0.3) is 5.69 Å². The van der Waals surface area contributed by atoms with E-state index in [1.165, 1.54) is 17.2 Å². The number of nitrogens with zero attached hydrogens (tertiary/aromatic N) is 2. The Hall–Kier alpha value is -2.99. The number of nitro groups is 1. The van der Waals surface area contributed by atoms with Crippen LogP contribution >= 0.6 is 0 Å². The number of hydrogen-bond acceptors (Lipinski definition) is 4. The zero-order valence-corrected chi connectivity index (χ0v) is 15.6. The maximum atomic E-state index is 12.4. The predicted octanol–water partition coefficient (Wildman–Crippen LogP) is 3.94. The van der Waals surface area contributed by atoms with Gasteiger partial charge in [-0.3, -0.25) is 19.8 Å². The lowest BCUT2D eigenvalue weighted by Gasteiger charge is -2.25. The zero-order valence-electron chi connectivity index (χ0n) is 15.6. The van der Waals surface area contributed by atoms with E-state index in [-0.39, 0.29) is 23.8 Å². The average molecular weight is 365 g/mol. The smallest absolute Gasteiger partial charge is 0.293 e. The van der Waals surface area contributed by atoms with Crippen molar-refractivity contribution in [1.82, 2.24) is 4.90 Å². The summed E-state index contributed by atoms with van der Waals surface area (Å²) in [4.78, 5) is 25.2. The van der Waals surface area contributed by atoms with Crippen molar-refractivity contribution in [2.75, 3.05) is 25.0 Å². The van der Waals surface area contributed by atoms with E-state index in [1.54, 1.807) is 6.07 Å². The molecule has 3 rings (SSSR count). The Morgan fingerprint density at radius 2 is 1.89 bits per heavy atom. The van der Waals surface area contributed by atoms with Crippen molar-refractivity contribution < 1.29 is 9.72 Å². The normalized spacial score (nSPS) is 14.5. The highest BCUT2D eigenvalue weighted by Gasteiger charge is 2.20. The van der Waals surface area contributed by atoms with Gasteiger partial charge in [0, 0.05) is 19.2 Å². The molecule has 6 heteroatoms. The number of nitrogens with one attached hydrogen (secondary N) is 1. The number of nitro benzene ring substituents is 1. The molecule has 0 saturated heterocycles. The molecule has 0 unspecified atom stereocenters. The van der Waals surface area contributed by atoms with E-state index in [0.717, 1.165) is 24.1 Å². The molecule has 0 spiro atoms. The summed E-state index contributed by atoms with van der Waals surface area (Å²) in [5.41, 5.74) is 4.42. The lowest BCUT2D eigenvalue weighted by Crippen LogP contribution is -2.36. The van der Waals surface area contributed by atoms with Crippen LogP contribution in [0.25, 0.3) is 5.57 Å². The third-order valence-electron chi connectivity index (χ3n) is 4.89. The monoisotopic (exact) mass is 365 g/mol. The van der Waals surface area contributed by atoms with Gasteiger partial charge in [0.2, 0.25) is 5.91 Å². The van der Waals surface area contributed by atoms with E-state index in [4.69, 9.17) is 0 Å². The van der Waals surface area contributed by atoms with Crippen molar-refractivity contribution >= 4 is 22.9 Å². The lowest BCUT2D eigenvalue weighted by atomic mass is 10.00. The zero-order chi connectivity index (χ0) is 19.4. The summed E-state index contributed by atoms with van der Waals surface area (Å²) in [6.07, 6.45) is 3.02. The van der Waals surface area contributed by atoms with E-state index in [9.17, 15) is 14.9 Å². The SMILES string of the molecule is Cc1cc(NC(=O)CN2CC=C(c3ccccc3)CC2)c([N+](=O)[O-])cc1C. The first-order valence-electron chi connectivity index (χ1n) is 8.96. The first kappa shape index (κ1) is 18.8. The van der Waals surface area contributed by atoms with Gasteiger partial charge in [-0.05, 0) is 48.6 Å². The van der Waals surface area contributed by atoms with Crippen LogP contribution in [0.5, 0.6) is 0 Å². The molecular formula is C21H23N3O3. The number of carbonyl (C=O) groups excluding carboxylic acids is 1. The van der Waals surface area contributed by atoms with Crippen molar-refractivity contribution in [2.24, 2.45) is 0 Å². The fraction of sp³-hybridized carbons (Fsp3) is 0.286. The van der Waals surface area contributed by atoms with Crippen LogP contribution in [-0.2, 0) is 4.79 Å². The number of benzene rings is 2. The Morgan fingerprint density at radius 3 is 2.52 bits per heavy atom. The summed E-state index contributed by atoms with van der Waals surface area (Å²) < 4.78 is 0. The van der Waals surface area contributed by atoms with Crippen LogP contribution in [0.15, 0.2) is 48.5 Å². The summed E-state index contributed by atoms with van der Waals surface area (Å²) in [5, 5.41) is 14.0. The van der Waals surface area contributed by atoms with Gasteiger partial charge in [0.05, 0.1) is 11.5 Å². The number of rotatable bonds is 5. The van der Waals surface area contributed by atoms with E-state index in [0.29, 0.717) is 6.54 Å².